The molecule has 8 heteroatoms. The lowest BCUT2D eigenvalue weighted by Crippen LogP contribution is -2.43. The van der Waals surface area contributed by atoms with E-state index in [4.69, 9.17) is 4.74 Å². The van der Waals surface area contributed by atoms with E-state index in [1.165, 1.54) is 23.7 Å². The van der Waals surface area contributed by atoms with Gasteiger partial charge in [0.2, 0.25) is 5.91 Å². The first-order valence-corrected chi connectivity index (χ1v) is 10.5. The minimum absolute atomic E-state index is 0.0939. The van der Waals surface area contributed by atoms with Gasteiger partial charge in [-0.25, -0.2) is 9.29 Å². The van der Waals surface area contributed by atoms with E-state index in [9.17, 15) is 23.6 Å². The predicted molar refractivity (Wildman–Crippen MR) is 123 cm³/mol. The van der Waals surface area contributed by atoms with Crippen molar-refractivity contribution in [2.75, 3.05) is 4.90 Å². The summed E-state index contributed by atoms with van der Waals surface area (Å²) in [4.78, 5) is 53.4. The summed E-state index contributed by atoms with van der Waals surface area (Å²) in [5.41, 5.74) is -0.636. The second-order valence-electron chi connectivity index (χ2n) is 8.27. The Morgan fingerprint density at radius 3 is 2.12 bits per heavy atom. The summed E-state index contributed by atoms with van der Waals surface area (Å²) in [5.74, 6) is -4.07. The average molecular weight is 452 g/mol. The van der Waals surface area contributed by atoms with E-state index in [1.807, 2.05) is 0 Å². The molecule has 3 rings (SSSR count). The topological polar surface area (TPSA) is 85.7 Å². The Kier molecular flexibility index (Phi) is 6.76. The number of pyridine rings is 1. The van der Waals surface area contributed by atoms with Gasteiger partial charge in [0.1, 0.15) is 11.4 Å². The molecule has 2 aromatic carbocycles. The van der Waals surface area contributed by atoms with Crippen molar-refractivity contribution in [3.8, 4) is 5.75 Å². The number of carbonyl (C=O) groups excluding carboxylic acids is 3. The minimum atomic E-state index is -0.960. The maximum atomic E-state index is 13.8. The molecule has 33 heavy (non-hydrogen) atoms. The first kappa shape index (κ1) is 23.8. The Balaban J connectivity index is 2.33. The molecule has 0 saturated heterocycles. The molecular formula is C25H25FN2O5. The van der Waals surface area contributed by atoms with Crippen molar-refractivity contribution in [1.82, 2.24) is 4.57 Å². The molecule has 0 fully saturated rings. The van der Waals surface area contributed by atoms with E-state index in [1.54, 1.807) is 52.0 Å². The summed E-state index contributed by atoms with van der Waals surface area (Å²) >= 11 is 0. The average Bonchev–Trinajstić information content (AvgIpc) is 2.78. The van der Waals surface area contributed by atoms with Crippen LogP contribution in [0.15, 0.2) is 53.3 Å². The number of benzene rings is 2. The zero-order valence-corrected chi connectivity index (χ0v) is 19.1. The second kappa shape index (κ2) is 9.36. The number of rotatable bonds is 5. The quantitative estimate of drug-likeness (QED) is 0.545. The summed E-state index contributed by atoms with van der Waals surface area (Å²) < 4.78 is 20.3. The fraction of sp³-hybridized carbons (Fsp3) is 0.280. The largest absolute Gasteiger partial charge is 0.425 e. The molecule has 0 N–H and O–H groups in total. The molecule has 1 aromatic heterocycles. The second-order valence-corrected chi connectivity index (χ2v) is 8.27. The number of amides is 2. The monoisotopic (exact) mass is 452 g/mol. The van der Waals surface area contributed by atoms with Crippen LogP contribution < -0.4 is 15.2 Å². The van der Waals surface area contributed by atoms with Crippen molar-refractivity contribution >= 4 is 34.4 Å². The molecule has 3 aromatic rings. The maximum Gasteiger partial charge on any atom is 0.313 e. The molecule has 0 radical (unpaired) electrons. The van der Waals surface area contributed by atoms with Crippen molar-refractivity contribution in [2.45, 2.75) is 27.7 Å². The highest BCUT2D eigenvalue weighted by Crippen LogP contribution is 2.31. The van der Waals surface area contributed by atoms with Crippen LogP contribution in [0.25, 0.3) is 10.9 Å². The van der Waals surface area contributed by atoms with E-state index in [-0.39, 0.29) is 11.4 Å². The van der Waals surface area contributed by atoms with Crippen molar-refractivity contribution in [1.29, 1.82) is 0 Å². The van der Waals surface area contributed by atoms with Crippen molar-refractivity contribution in [3.05, 3.63) is 70.3 Å². The normalized spacial score (nSPS) is 11.2. The van der Waals surface area contributed by atoms with Crippen molar-refractivity contribution in [3.63, 3.8) is 0 Å². The Labute approximate surface area is 190 Å². The Morgan fingerprint density at radius 1 is 0.939 bits per heavy atom. The van der Waals surface area contributed by atoms with Crippen LogP contribution in [0.3, 0.4) is 0 Å². The fourth-order valence-corrected chi connectivity index (χ4v) is 3.28. The summed E-state index contributed by atoms with van der Waals surface area (Å²) in [7, 11) is 1.49. The lowest BCUT2D eigenvalue weighted by molar-refractivity contribution is -0.137. The number of imide groups is 1. The number of fused-ring (bicyclic) bond motifs is 1. The number of ether oxygens (including phenoxy) is 1. The molecule has 0 spiro atoms. The van der Waals surface area contributed by atoms with Gasteiger partial charge in [-0.3, -0.25) is 19.2 Å². The predicted octanol–water partition coefficient (Wildman–Crippen LogP) is 4.07. The Morgan fingerprint density at radius 2 is 1.55 bits per heavy atom. The van der Waals surface area contributed by atoms with Gasteiger partial charge in [0.25, 0.3) is 11.5 Å². The molecule has 0 bridgehead atoms. The number of esters is 1. The van der Waals surface area contributed by atoms with Crippen LogP contribution in [0.1, 0.15) is 38.1 Å². The standard InChI is InChI=1S/C25H25FN2O5/c1-14(2)22(29)28(17-12-10-16(26)11-13-17)24(31)20-21(33-25(32)15(3)4)18-8-6-7-9-19(18)27(5)23(20)30/h6-15H,1-5H3. The number of halogens is 1. The molecule has 0 atom stereocenters. The third-order valence-corrected chi connectivity index (χ3v) is 5.15. The molecule has 0 unspecified atom stereocenters. The molecule has 0 aliphatic rings. The third-order valence-electron chi connectivity index (χ3n) is 5.15. The minimum Gasteiger partial charge on any atom is -0.425 e. The first-order chi connectivity index (χ1) is 15.5. The van der Waals surface area contributed by atoms with Crippen molar-refractivity contribution < 1.29 is 23.5 Å². The van der Waals surface area contributed by atoms with Gasteiger partial charge in [-0.05, 0) is 36.4 Å². The van der Waals surface area contributed by atoms with Crippen LogP contribution in [0, 0.1) is 17.7 Å². The van der Waals surface area contributed by atoms with Crippen LogP contribution in [0.5, 0.6) is 5.75 Å². The van der Waals surface area contributed by atoms with Crippen LogP contribution in [-0.2, 0) is 16.6 Å². The highest BCUT2D eigenvalue weighted by Gasteiger charge is 2.33. The number of hydrogen-bond acceptors (Lipinski definition) is 5. The first-order valence-electron chi connectivity index (χ1n) is 10.5. The van der Waals surface area contributed by atoms with E-state index < -0.39 is 46.6 Å². The summed E-state index contributed by atoms with van der Waals surface area (Å²) in [6.07, 6.45) is 0. The SMILES string of the molecule is CC(C)C(=O)Oc1c(C(=O)N(C(=O)C(C)C)c2ccc(F)cc2)c(=O)n(C)c2ccccc12. The Bertz CT molecular complexity index is 1290. The van der Waals surface area contributed by atoms with Gasteiger partial charge in [0.05, 0.1) is 17.1 Å². The molecule has 1 heterocycles. The van der Waals surface area contributed by atoms with Gasteiger partial charge in [0, 0.05) is 18.4 Å². The van der Waals surface area contributed by atoms with Gasteiger partial charge in [-0.15, -0.1) is 0 Å². The van der Waals surface area contributed by atoms with Crippen LogP contribution >= 0.6 is 0 Å². The van der Waals surface area contributed by atoms with E-state index in [2.05, 4.69) is 0 Å². The van der Waals surface area contributed by atoms with Crippen LogP contribution in [0.4, 0.5) is 10.1 Å². The molecule has 7 nitrogen and oxygen atoms in total. The third kappa shape index (κ3) is 4.55. The fourth-order valence-electron chi connectivity index (χ4n) is 3.28. The molecule has 2 amide bonds. The Hall–Kier alpha value is -3.81. The highest BCUT2D eigenvalue weighted by molar-refractivity contribution is 6.23. The molecular weight excluding hydrogens is 427 g/mol. The number of anilines is 1. The lowest BCUT2D eigenvalue weighted by Gasteiger charge is -2.24. The molecule has 0 aliphatic heterocycles. The smallest absolute Gasteiger partial charge is 0.313 e. The van der Waals surface area contributed by atoms with Crippen LogP contribution in [0.2, 0.25) is 0 Å². The summed E-state index contributed by atoms with van der Waals surface area (Å²) in [6.45, 7) is 6.45. The number of carbonyl (C=O) groups is 3. The number of nitrogens with zero attached hydrogens (tertiary/aromatic N) is 2. The van der Waals surface area contributed by atoms with Gasteiger partial charge >= 0.3 is 5.97 Å². The van der Waals surface area contributed by atoms with Crippen molar-refractivity contribution in [2.24, 2.45) is 18.9 Å². The van der Waals surface area contributed by atoms with Crippen LogP contribution in [-0.4, -0.2) is 22.4 Å². The number of para-hydroxylation sites is 1. The number of aryl methyl sites for hydroxylation is 1. The van der Waals surface area contributed by atoms with Gasteiger partial charge in [-0.1, -0.05) is 39.8 Å². The van der Waals surface area contributed by atoms with Gasteiger partial charge < -0.3 is 9.30 Å². The molecule has 0 aliphatic carbocycles. The van der Waals surface area contributed by atoms with E-state index in [0.717, 1.165) is 17.0 Å². The summed E-state index contributed by atoms with van der Waals surface area (Å²) in [5, 5.41) is 0.369. The maximum absolute atomic E-state index is 13.8. The summed E-state index contributed by atoms with van der Waals surface area (Å²) in [6, 6.07) is 11.5. The van der Waals surface area contributed by atoms with Gasteiger partial charge in [-0.2, -0.15) is 0 Å². The zero-order chi connectivity index (χ0) is 24.4. The number of hydrogen-bond donors (Lipinski definition) is 0. The van der Waals surface area contributed by atoms with E-state index >= 15 is 0 Å². The highest BCUT2D eigenvalue weighted by atomic mass is 19.1. The zero-order valence-electron chi connectivity index (χ0n) is 19.1. The molecule has 0 saturated carbocycles. The lowest BCUT2D eigenvalue weighted by atomic mass is 10.1. The number of aromatic nitrogens is 1. The van der Waals surface area contributed by atoms with E-state index in [0.29, 0.717) is 10.9 Å². The van der Waals surface area contributed by atoms with Gasteiger partial charge in [0.15, 0.2) is 5.75 Å². The molecule has 172 valence electrons.